The van der Waals surface area contributed by atoms with Crippen LogP contribution in [0.2, 0.25) is 0 Å². The largest absolute Gasteiger partial charge is 0.469 e. The maximum absolute atomic E-state index is 5.96. The highest BCUT2D eigenvalue weighted by molar-refractivity contribution is 5.63. The molecule has 4 heteroatoms. The SMILES string of the molecule is Cc1cnc(N(C)Cc2ccoc2C)c(N)c1. The molecule has 0 amide bonds. The summed E-state index contributed by atoms with van der Waals surface area (Å²) in [5, 5.41) is 0. The van der Waals surface area contributed by atoms with E-state index >= 15 is 0 Å². The first-order valence-electron chi connectivity index (χ1n) is 5.54. The minimum Gasteiger partial charge on any atom is -0.469 e. The zero-order valence-electron chi connectivity index (χ0n) is 10.4. The lowest BCUT2D eigenvalue weighted by atomic mass is 10.2. The van der Waals surface area contributed by atoms with Crippen molar-refractivity contribution in [2.24, 2.45) is 0 Å². The Balaban J connectivity index is 2.20. The molecule has 2 N–H and O–H groups in total. The summed E-state index contributed by atoms with van der Waals surface area (Å²) in [7, 11) is 1.97. The summed E-state index contributed by atoms with van der Waals surface area (Å²) in [4.78, 5) is 6.38. The number of nitrogens with two attached hydrogens (primary N) is 1. The van der Waals surface area contributed by atoms with Crippen molar-refractivity contribution in [3.05, 3.63) is 41.5 Å². The van der Waals surface area contributed by atoms with E-state index in [-0.39, 0.29) is 0 Å². The molecular formula is C13H17N3O. The molecule has 90 valence electrons. The van der Waals surface area contributed by atoms with Crippen LogP contribution in [0.25, 0.3) is 0 Å². The molecule has 2 rings (SSSR count). The zero-order valence-corrected chi connectivity index (χ0v) is 10.4. The Labute approximate surface area is 101 Å². The number of furan rings is 1. The van der Waals surface area contributed by atoms with E-state index in [0.717, 1.165) is 29.2 Å². The molecular weight excluding hydrogens is 214 g/mol. The third-order valence-electron chi connectivity index (χ3n) is 2.77. The van der Waals surface area contributed by atoms with Crippen molar-refractivity contribution >= 4 is 11.5 Å². The third kappa shape index (κ3) is 2.41. The van der Waals surface area contributed by atoms with Gasteiger partial charge in [0.05, 0.1) is 12.0 Å². The van der Waals surface area contributed by atoms with E-state index in [2.05, 4.69) is 4.98 Å². The highest BCUT2D eigenvalue weighted by Crippen LogP contribution is 2.22. The molecule has 0 fully saturated rings. The van der Waals surface area contributed by atoms with Crippen molar-refractivity contribution in [2.75, 3.05) is 17.7 Å². The van der Waals surface area contributed by atoms with Gasteiger partial charge in [0.15, 0.2) is 5.82 Å². The molecule has 0 aromatic carbocycles. The molecule has 0 aliphatic carbocycles. The Bertz CT molecular complexity index is 519. The van der Waals surface area contributed by atoms with Gasteiger partial charge in [-0.25, -0.2) is 4.98 Å². The van der Waals surface area contributed by atoms with E-state index in [4.69, 9.17) is 10.2 Å². The number of nitrogen functional groups attached to an aromatic ring is 1. The number of hydrogen-bond donors (Lipinski definition) is 1. The van der Waals surface area contributed by atoms with E-state index in [0.29, 0.717) is 5.69 Å². The van der Waals surface area contributed by atoms with Crippen LogP contribution >= 0.6 is 0 Å². The molecule has 2 aromatic heterocycles. The Kier molecular flexibility index (Phi) is 3.04. The molecule has 0 unspecified atom stereocenters. The van der Waals surface area contributed by atoms with Crippen LogP contribution < -0.4 is 10.6 Å². The molecule has 0 saturated heterocycles. The second-order valence-electron chi connectivity index (χ2n) is 4.28. The van der Waals surface area contributed by atoms with Gasteiger partial charge in [0.25, 0.3) is 0 Å². The van der Waals surface area contributed by atoms with Gasteiger partial charge in [-0.15, -0.1) is 0 Å². The van der Waals surface area contributed by atoms with Gasteiger partial charge in [0.2, 0.25) is 0 Å². The van der Waals surface area contributed by atoms with Crippen LogP contribution in [0.1, 0.15) is 16.9 Å². The minimum absolute atomic E-state index is 0.702. The number of nitrogens with zero attached hydrogens (tertiary/aromatic N) is 2. The van der Waals surface area contributed by atoms with Gasteiger partial charge in [-0.3, -0.25) is 0 Å². The van der Waals surface area contributed by atoms with E-state index in [9.17, 15) is 0 Å². The highest BCUT2D eigenvalue weighted by atomic mass is 16.3. The summed E-state index contributed by atoms with van der Waals surface area (Å²) in [6, 6.07) is 3.90. The van der Waals surface area contributed by atoms with Gasteiger partial charge in [0.1, 0.15) is 5.76 Å². The standard InChI is InChI=1S/C13H17N3O/c1-9-6-12(14)13(15-7-9)16(3)8-11-4-5-17-10(11)2/h4-7H,8,14H2,1-3H3. The normalized spacial score (nSPS) is 10.5. The molecule has 17 heavy (non-hydrogen) atoms. The minimum atomic E-state index is 0.702. The lowest BCUT2D eigenvalue weighted by Crippen LogP contribution is -2.19. The van der Waals surface area contributed by atoms with Crippen LogP contribution in [-0.2, 0) is 6.54 Å². The predicted molar refractivity (Wildman–Crippen MR) is 68.9 cm³/mol. The lowest BCUT2D eigenvalue weighted by Gasteiger charge is -2.19. The number of anilines is 2. The number of rotatable bonds is 3. The number of aryl methyl sites for hydroxylation is 2. The monoisotopic (exact) mass is 231 g/mol. The second-order valence-corrected chi connectivity index (χ2v) is 4.28. The summed E-state index contributed by atoms with van der Waals surface area (Å²) >= 11 is 0. The quantitative estimate of drug-likeness (QED) is 0.881. The summed E-state index contributed by atoms with van der Waals surface area (Å²) < 4.78 is 5.27. The molecule has 4 nitrogen and oxygen atoms in total. The first-order valence-corrected chi connectivity index (χ1v) is 5.54. The fourth-order valence-electron chi connectivity index (χ4n) is 1.81. The maximum atomic E-state index is 5.96. The average Bonchev–Trinajstić information content (AvgIpc) is 2.64. The summed E-state index contributed by atoms with van der Waals surface area (Å²) in [5.41, 5.74) is 8.88. The first kappa shape index (κ1) is 11.5. The highest BCUT2D eigenvalue weighted by Gasteiger charge is 2.10. The molecule has 2 heterocycles. The van der Waals surface area contributed by atoms with Crippen LogP contribution in [0.3, 0.4) is 0 Å². The average molecular weight is 231 g/mol. The van der Waals surface area contributed by atoms with Gasteiger partial charge in [-0.05, 0) is 31.5 Å². The second kappa shape index (κ2) is 4.49. The van der Waals surface area contributed by atoms with Crippen LogP contribution in [-0.4, -0.2) is 12.0 Å². The van der Waals surface area contributed by atoms with Crippen molar-refractivity contribution in [3.8, 4) is 0 Å². The van der Waals surface area contributed by atoms with Crippen molar-refractivity contribution in [3.63, 3.8) is 0 Å². The molecule has 0 atom stereocenters. The maximum Gasteiger partial charge on any atom is 0.151 e. The van der Waals surface area contributed by atoms with Gasteiger partial charge in [-0.1, -0.05) is 0 Å². The molecule has 0 saturated carbocycles. The van der Waals surface area contributed by atoms with Crippen molar-refractivity contribution in [2.45, 2.75) is 20.4 Å². The van der Waals surface area contributed by atoms with Crippen molar-refractivity contribution < 1.29 is 4.42 Å². The number of aromatic nitrogens is 1. The zero-order chi connectivity index (χ0) is 12.4. The molecule has 2 aromatic rings. The Morgan fingerprint density at radius 1 is 1.41 bits per heavy atom. The molecule has 0 radical (unpaired) electrons. The first-order chi connectivity index (χ1) is 8.08. The van der Waals surface area contributed by atoms with E-state index in [1.54, 1.807) is 6.26 Å². The summed E-state index contributed by atoms with van der Waals surface area (Å²) in [5.74, 6) is 1.73. The van der Waals surface area contributed by atoms with E-state index in [1.807, 2.05) is 44.1 Å². The summed E-state index contributed by atoms with van der Waals surface area (Å²) in [6.45, 7) is 4.67. The van der Waals surface area contributed by atoms with E-state index < -0.39 is 0 Å². The molecule has 0 aliphatic heterocycles. The van der Waals surface area contributed by atoms with Gasteiger partial charge < -0.3 is 15.1 Å². The topological polar surface area (TPSA) is 55.3 Å². The smallest absolute Gasteiger partial charge is 0.151 e. The van der Waals surface area contributed by atoms with Crippen LogP contribution in [0.15, 0.2) is 29.0 Å². The molecule has 0 bridgehead atoms. The van der Waals surface area contributed by atoms with Crippen LogP contribution in [0.5, 0.6) is 0 Å². The van der Waals surface area contributed by atoms with Gasteiger partial charge >= 0.3 is 0 Å². The van der Waals surface area contributed by atoms with Crippen LogP contribution in [0, 0.1) is 13.8 Å². The van der Waals surface area contributed by atoms with Gasteiger partial charge in [0, 0.05) is 25.4 Å². The third-order valence-corrected chi connectivity index (χ3v) is 2.77. The Morgan fingerprint density at radius 3 is 2.76 bits per heavy atom. The Hall–Kier alpha value is -1.97. The fourth-order valence-corrected chi connectivity index (χ4v) is 1.81. The molecule has 0 aliphatic rings. The fraction of sp³-hybridized carbons (Fsp3) is 0.308. The Morgan fingerprint density at radius 2 is 2.18 bits per heavy atom. The van der Waals surface area contributed by atoms with Crippen LogP contribution in [0.4, 0.5) is 11.5 Å². The molecule has 0 spiro atoms. The lowest BCUT2D eigenvalue weighted by molar-refractivity contribution is 0.529. The van der Waals surface area contributed by atoms with E-state index in [1.165, 1.54) is 0 Å². The van der Waals surface area contributed by atoms with Crippen molar-refractivity contribution in [1.29, 1.82) is 0 Å². The predicted octanol–water partition coefficient (Wildman–Crippen LogP) is 2.51. The summed E-state index contributed by atoms with van der Waals surface area (Å²) in [6.07, 6.45) is 3.52. The number of pyridine rings is 1. The van der Waals surface area contributed by atoms with Gasteiger partial charge in [-0.2, -0.15) is 0 Å². The number of hydrogen-bond acceptors (Lipinski definition) is 4. The van der Waals surface area contributed by atoms with Crippen molar-refractivity contribution in [1.82, 2.24) is 4.98 Å².